The number of carbonyl (C=O) groups excluding carboxylic acids is 1. The van der Waals surface area contributed by atoms with Gasteiger partial charge in [-0.2, -0.15) is 0 Å². The van der Waals surface area contributed by atoms with Gasteiger partial charge in [0.2, 0.25) is 0 Å². The van der Waals surface area contributed by atoms with Crippen molar-refractivity contribution in [3.8, 4) is 11.5 Å². The molecule has 0 aromatic heterocycles. The van der Waals surface area contributed by atoms with E-state index in [1.807, 2.05) is 13.8 Å². The Morgan fingerprint density at radius 3 is 2.52 bits per heavy atom. The van der Waals surface area contributed by atoms with Crippen molar-refractivity contribution in [3.63, 3.8) is 0 Å². The summed E-state index contributed by atoms with van der Waals surface area (Å²) < 4.78 is 11.0. The van der Waals surface area contributed by atoms with Gasteiger partial charge in [0, 0.05) is 5.56 Å². The SMILES string of the molecule is CCCOc1ccc(C(=O)N[C@@H](C)C(=O)O)cc1OCC. The summed E-state index contributed by atoms with van der Waals surface area (Å²) in [6.07, 6.45) is 0.865. The summed E-state index contributed by atoms with van der Waals surface area (Å²) >= 11 is 0. The Hall–Kier alpha value is -2.24. The lowest BCUT2D eigenvalue weighted by Crippen LogP contribution is -2.38. The first-order valence-electron chi connectivity index (χ1n) is 6.92. The van der Waals surface area contributed by atoms with Gasteiger partial charge in [-0.3, -0.25) is 9.59 Å². The smallest absolute Gasteiger partial charge is 0.325 e. The minimum atomic E-state index is -1.09. The number of ether oxygens (including phenoxy) is 2. The predicted molar refractivity (Wildman–Crippen MR) is 78.0 cm³/mol. The Balaban J connectivity index is 2.90. The minimum absolute atomic E-state index is 0.329. The maximum Gasteiger partial charge on any atom is 0.325 e. The van der Waals surface area contributed by atoms with Crippen molar-refractivity contribution in [1.82, 2.24) is 5.32 Å². The molecule has 0 aliphatic carbocycles. The number of hydrogen-bond donors (Lipinski definition) is 2. The predicted octanol–water partition coefficient (Wildman–Crippen LogP) is 2.08. The molecule has 0 bridgehead atoms. The highest BCUT2D eigenvalue weighted by molar-refractivity contribution is 5.97. The zero-order valence-corrected chi connectivity index (χ0v) is 12.5. The number of carboxylic acids is 1. The van der Waals surface area contributed by atoms with Gasteiger partial charge in [0.15, 0.2) is 11.5 Å². The second kappa shape index (κ2) is 8.14. The van der Waals surface area contributed by atoms with Crippen molar-refractivity contribution < 1.29 is 24.2 Å². The van der Waals surface area contributed by atoms with Crippen LogP contribution in [0.2, 0.25) is 0 Å². The number of carbonyl (C=O) groups is 2. The van der Waals surface area contributed by atoms with Crippen LogP contribution in [0.3, 0.4) is 0 Å². The van der Waals surface area contributed by atoms with Gasteiger partial charge in [-0.25, -0.2) is 0 Å². The highest BCUT2D eigenvalue weighted by atomic mass is 16.5. The molecular weight excluding hydrogens is 274 g/mol. The first kappa shape index (κ1) is 16.8. The van der Waals surface area contributed by atoms with Crippen molar-refractivity contribution in [1.29, 1.82) is 0 Å². The number of benzene rings is 1. The molecule has 0 saturated heterocycles. The van der Waals surface area contributed by atoms with Crippen LogP contribution in [0.1, 0.15) is 37.6 Å². The highest BCUT2D eigenvalue weighted by Gasteiger charge is 2.17. The molecular formula is C15H21NO5. The third-order valence-corrected chi connectivity index (χ3v) is 2.69. The summed E-state index contributed by atoms with van der Waals surface area (Å²) in [7, 11) is 0. The van der Waals surface area contributed by atoms with E-state index in [1.54, 1.807) is 18.2 Å². The van der Waals surface area contributed by atoms with Gasteiger partial charge in [-0.15, -0.1) is 0 Å². The van der Waals surface area contributed by atoms with Crippen molar-refractivity contribution in [2.45, 2.75) is 33.2 Å². The quantitative estimate of drug-likeness (QED) is 0.767. The summed E-state index contributed by atoms with van der Waals surface area (Å²) in [5.74, 6) is -0.507. The maximum absolute atomic E-state index is 12.0. The van der Waals surface area contributed by atoms with Crippen LogP contribution in [-0.2, 0) is 4.79 Å². The van der Waals surface area contributed by atoms with Crippen LogP contribution in [0.4, 0.5) is 0 Å². The number of carboxylic acid groups (broad SMARTS) is 1. The van der Waals surface area contributed by atoms with Gasteiger partial charge in [0.05, 0.1) is 13.2 Å². The van der Waals surface area contributed by atoms with E-state index in [0.29, 0.717) is 30.3 Å². The molecule has 2 N–H and O–H groups in total. The lowest BCUT2D eigenvalue weighted by atomic mass is 10.1. The van der Waals surface area contributed by atoms with Gasteiger partial charge in [-0.1, -0.05) is 6.92 Å². The van der Waals surface area contributed by atoms with Crippen molar-refractivity contribution in [2.24, 2.45) is 0 Å². The number of hydrogen-bond acceptors (Lipinski definition) is 4. The average molecular weight is 295 g/mol. The summed E-state index contributed by atoms with van der Waals surface area (Å²) in [6, 6.07) is 3.83. The lowest BCUT2D eigenvalue weighted by Gasteiger charge is -2.14. The molecule has 0 unspecified atom stereocenters. The van der Waals surface area contributed by atoms with Crippen LogP contribution in [-0.4, -0.2) is 36.2 Å². The molecule has 6 heteroatoms. The second-order valence-corrected chi connectivity index (χ2v) is 4.48. The maximum atomic E-state index is 12.0. The Morgan fingerprint density at radius 2 is 1.95 bits per heavy atom. The molecule has 0 aliphatic heterocycles. The molecule has 0 aliphatic rings. The number of nitrogens with one attached hydrogen (secondary N) is 1. The van der Waals surface area contributed by atoms with E-state index in [1.165, 1.54) is 6.92 Å². The van der Waals surface area contributed by atoms with Crippen LogP contribution < -0.4 is 14.8 Å². The lowest BCUT2D eigenvalue weighted by molar-refractivity contribution is -0.138. The van der Waals surface area contributed by atoms with E-state index < -0.39 is 17.9 Å². The molecule has 0 radical (unpaired) electrons. The summed E-state index contributed by atoms with van der Waals surface area (Å²) in [4.78, 5) is 22.7. The largest absolute Gasteiger partial charge is 0.490 e. The van der Waals surface area contributed by atoms with E-state index in [2.05, 4.69) is 5.32 Å². The first-order valence-corrected chi connectivity index (χ1v) is 6.92. The van der Waals surface area contributed by atoms with Crippen LogP contribution in [0.5, 0.6) is 11.5 Å². The third kappa shape index (κ3) is 4.98. The second-order valence-electron chi connectivity index (χ2n) is 4.48. The fraction of sp³-hybridized carbons (Fsp3) is 0.467. The van der Waals surface area contributed by atoms with Crippen LogP contribution in [0.15, 0.2) is 18.2 Å². The van der Waals surface area contributed by atoms with Gasteiger partial charge >= 0.3 is 5.97 Å². The molecule has 0 heterocycles. The first-order chi connectivity index (χ1) is 9.99. The average Bonchev–Trinajstić information content (AvgIpc) is 2.45. The molecule has 1 atom stereocenters. The molecule has 6 nitrogen and oxygen atoms in total. The molecule has 0 saturated carbocycles. The normalized spacial score (nSPS) is 11.6. The third-order valence-electron chi connectivity index (χ3n) is 2.69. The standard InChI is InChI=1S/C15H21NO5/c1-4-8-21-12-7-6-11(9-13(12)20-5-2)14(17)16-10(3)15(18)19/h6-7,9-10H,4-5,8H2,1-3H3,(H,16,17)(H,18,19)/t10-/m0/s1. The summed E-state index contributed by atoms with van der Waals surface area (Å²) in [5.41, 5.74) is 0.329. The Morgan fingerprint density at radius 1 is 1.24 bits per heavy atom. The minimum Gasteiger partial charge on any atom is -0.490 e. The summed E-state index contributed by atoms with van der Waals surface area (Å²) in [5, 5.41) is 11.2. The van der Waals surface area contributed by atoms with E-state index in [9.17, 15) is 9.59 Å². The topological polar surface area (TPSA) is 84.9 Å². The molecule has 1 amide bonds. The Kier molecular flexibility index (Phi) is 6.52. The van der Waals surface area contributed by atoms with Gasteiger partial charge in [0.1, 0.15) is 6.04 Å². The molecule has 1 aromatic rings. The number of amides is 1. The van der Waals surface area contributed by atoms with Gasteiger partial charge in [-0.05, 0) is 38.5 Å². The Labute approximate surface area is 124 Å². The monoisotopic (exact) mass is 295 g/mol. The summed E-state index contributed by atoms with van der Waals surface area (Å²) in [6.45, 7) is 6.24. The van der Waals surface area contributed by atoms with Gasteiger partial charge in [0.25, 0.3) is 5.91 Å². The molecule has 1 aromatic carbocycles. The van der Waals surface area contributed by atoms with E-state index in [-0.39, 0.29) is 0 Å². The number of aliphatic carboxylic acids is 1. The molecule has 1 rings (SSSR count). The fourth-order valence-electron chi connectivity index (χ4n) is 1.59. The van der Waals surface area contributed by atoms with Crippen molar-refractivity contribution in [3.05, 3.63) is 23.8 Å². The van der Waals surface area contributed by atoms with Crippen molar-refractivity contribution in [2.75, 3.05) is 13.2 Å². The molecule has 21 heavy (non-hydrogen) atoms. The zero-order valence-electron chi connectivity index (χ0n) is 12.5. The molecule has 0 fully saturated rings. The van der Waals surface area contributed by atoms with Crippen molar-refractivity contribution >= 4 is 11.9 Å². The zero-order chi connectivity index (χ0) is 15.8. The van der Waals surface area contributed by atoms with E-state index in [0.717, 1.165) is 6.42 Å². The van der Waals surface area contributed by atoms with Crippen LogP contribution in [0.25, 0.3) is 0 Å². The van der Waals surface area contributed by atoms with Crippen LogP contribution in [0, 0.1) is 0 Å². The van der Waals surface area contributed by atoms with Gasteiger partial charge < -0.3 is 19.9 Å². The van der Waals surface area contributed by atoms with E-state index in [4.69, 9.17) is 14.6 Å². The Bertz CT molecular complexity index is 501. The van der Waals surface area contributed by atoms with E-state index >= 15 is 0 Å². The number of rotatable bonds is 8. The molecule has 116 valence electrons. The highest BCUT2D eigenvalue weighted by Crippen LogP contribution is 2.28. The molecule has 0 spiro atoms. The fourth-order valence-corrected chi connectivity index (χ4v) is 1.59. The van der Waals surface area contributed by atoms with Crippen LogP contribution >= 0.6 is 0 Å².